The number of benzene rings is 1. The summed E-state index contributed by atoms with van der Waals surface area (Å²) < 4.78 is 5.51. The van der Waals surface area contributed by atoms with Gasteiger partial charge in [-0.1, -0.05) is 6.08 Å². The average molecular weight is 503 g/mol. The minimum absolute atomic E-state index is 0.281. The summed E-state index contributed by atoms with van der Waals surface area (Å²) in [6, 6.07) is 6.31. The van der Waals surface area contributed by atoms with E-state index in [1.165, 1.54) is 5.56 Å². The molecule has 5 rings (SSSR count). The molecular weight excluding hydrogens is 468 g/mol. The van der Waals surface area contributed by atoms with Crippen molar-refractivity contribution in [3.8, 4) is 0 Å². The maximum absolute atomic E-state index is 12.4. The van der Waals surface area contributed by atoms with Crippen molar-refractivity contribution in [1.82, 2.24) is 34.9 Å². The molecule has 0 bridgehead atoms. The number of H-pyrrole nitrogens is 2. The van der Waals surface area contributed by atoms with E-state index in [9.17, 15) is 4.79 Å². The van der Waals surface area contributed by atoms with Gasteiger partial charge in [0.15, 0.2) is 0 Å². The predicted molar refractivity (Wildman–Crippen MR) is 146 cm³/mol. The van der Waals surface area contributed by atoms with E-state index in [1.807, 2.05) is 27.0 Å². The largest absolute Gasteiger partial charge is 0.444 e. The number of amides is 1. The Morgan fingerprint density at radius 3 is 2.78 bits per heavy atom. The summed E-state index contributed by atoms with van der Waals surface area (Å²) in [6.45, 7) is 7.70. The topological polar surface area (TPSA) is 115 Å². The number of ether oxygens (including phenoxy) is 1. The van der Waals surface area contributed by atoms with Crippen LogP contribution in [0.2, 0.25) is 0 Å². The lowest BCUT2D eigenvalue weighted by molar-refractivity contribution is 0.0270. The lowest BCUT2D eigenvalue weighted by Gasteiger charge is -2.29. The maximum atomic E-state index is 12.4. The van der Waals surface area contributed by atoms with Gasteiger partial charge in [-0.15, -0.1) is 0 Å². The molecule has 1 aliphatic rings. The van der Waals surface area contributed by atoms with Crippen LogP contribution in [-0.4, -0.2) is 80.4 Å². The fraction of sp³-hybridized carbons (Fsp3) is 0.407. The Bertz CT molecular complexity index is 1460. The monoisotopic (exact) mass is 502 g/mol. The summed E-state index contributed by atoms with van der Waals surface area (Å²) in [7, 11) is 4.15. The van der Waals surface area contributed by atoms with Crippen molar-refractivity contribution in [2.75, 3.05) is 39.0 Å². The molecule has 3 aromatic heterocycles. The van der Waals surface area contributed by atoms with Crippen LogP contribution in [-0.2, 0) is 11.2 Å². The molecule has 1 aliphatic heterocycles. The Balaban J connectivity index is 1.38. The summed E-state index contributed by atoms with van der Waals surface area (Å²) in [5.74, 6) is 0.737. The molecule has 4 aromatic rings. The Kier molecular flexibility index (Phi) is 6.59. The number of anilines is 2. The first-order chi connectivity index (χ1) is 17.7. The molecular formula is C27H34N8O2. The van der Waals surface area contributed by atoms with Crippen molar-refractivity contribution in [3.63, 3.8) is 0 Å². The Morgan fingerprint density at radius 1 is 1.22 bits per heavy atom. The molecule has 0 saturated heterocycles. The number of fused-ring (bicyclic) bond motifs is 2. The van der Waals surface area contributed by atoms with Crippen LogP contribution in [0.5, 0.6) is 0 Å². The molecule has 0 fully saturated rings. The van der Waals surface area contributed by atoms with Crippen molar-refractivity contribution < 1.29 is 9.53 Å². The van der Waals surface area contributed by atoms with Gasteiger partial charge in [0.25, 0.3) is 0 Å². The van der Waals surface area contributed by atoms with E-state index >= 15 is 0 Å². The zero-order valence-corrected chi connectivity index (χ0v) is 22.1. The highest BCUT2D eigenvalue weighted by Gasteiger charge is 2.24. The van der Waals surface area contributed by atoms with Crippen LogP contribution in [0.15, 0.2) is 36.8 Å². The van der Waals surface area contributed by atoms with E-state index in [1.54, 1.807) is 11.2 Å². The van der Waals surface area contributed by atoms with E-state index in [4.69, 9.17) is 4.74 Å². The third kappa shape index (κ3) is 5.59. The average Bonchev–Trinajstić information content (AvgIpc) is 3.49. The Labute approximate surface area is 216 Å². The molecule has 3 N–H and O–H groups in total. The van der Waals surface area contributed by atoms with E-state index < -0.39 is 5.60 Å². The molecule has 0 unspecified atom stereocenters. The standard InChI is InChI=1S/C27H34N8O2/c1-27(2,3)37-26(36)35-10-7-17(8-11-35)22-14-21-24(28-16-29-25(21)32-22)31-20-12-18(6-9-34(4)5)23-19(13-20)15-30-33-23/h7,12-16H,6,8-11H2,1-5H3,(H,30,33)(H2,28,29,31,32). The van der Waals surface area contributed by atoms with Crippen LogP contribution in [0.1, 0.15) is 38.4 Å². The normalized spacial score (nSPS) is 14.4. The second kappa shape index (κ2) is 9.85. The molecule has 0 spiro atoms. The number of hydrogen-bond donors (Lipinski definition) is 3. The SMILES string of the molecule is CN(C)CCc1cc(Nc2ncnc3[nH]c(C4=CCN(C(=O)OC(C)(C)C)CC4)cc23)cc2cn[nH]c12. The van der Waals surface area contributed by atoms with Gasteiger partial charge in [0.2, 0.25) is 0 Å². The third-order valence-electron chi connectivity index (χ3n) is 6.35. The molecule has 4 heterocycles. The van der Waals surface area contributed by atoms with Gasteiger partial charge >= 0.3 is 6.09 Å². The van der Waals surface area contributed by atoms with Crippen LogP contribution >= 0.6 is 0 Å². The molecule has 1 amide bonds. The second-order valence-electron chi connectivity index (χ2n) is 10.7. The molecule has 0 atom stereocenters. The van der Waals surface area contributed by atoms with Gasteiger partial charge in [-0.2, -0.15) is 5.10 Å². The molecule has 0 saturated carbocycles. The van der Waals surface area contributed by atoms with Crippen LogP contribution in [0.4, 0.5) is 16.3 Å². The summed E-state index contributed by atoms with van der Waals surface area (Å²) in [4.78, 5) is 28.7. The minimum Gasteiger partial charge on any atom is -0.444 e. The lowest BCUT2D eigenvalue weighted by atomic mass is 10.1. The van der Waals surface area contributed by atoms with Crippen LogP contribution in [0.3, 0.4) is 0 Å². The van der Waals surface area contributed by atoms with Crippen molar-refractivity contribution in [1.29, 1.82) is 0 Å². The van der Waals surface area contributed by atoms with Crippen LogP contribution in [0, 0.1) is 0 Å². The molecule has 37 heavy (non-hydrogen) atoms. The fourth-order valence-electron chi connectivity index (χ4n) is 4.50. The number of nitrogens with one attached hydrogen (secondary N) is 3. The first-order valence-electron chi connectivity index (χ1n) is 12.5. The Hall–Kier alpha value is -3.92. The smallest absolute Gasteiger partial charge is 0.410 e. The zero-order valence-electron chi connectivity index (χ0n) is 22.1. The van der Waals surface area contributed by atoms with Crippen molar-refractivity contribution >= 4 is 45.1 Å². The first kappa shape index (κ1) is 24.8. The van der Waals surface area contributed by atoms with Gasteiger partial charge in [0.05, 0.1) is 17.1 Å². The predicted octanol–water partition coefficient (Wildman–Crippen LogP) is 4.71. The quantitative estimate of drug-likeness (QED) is 0.350. The van der Waals surface area contributed by atoms with E-state index in [0.29, 0.717) is 13.1 Å². The highest BCUT2D eigenvalue weighted by Crippen LogP contribution is 2.31. The number of aromatic amines is 2. The molecule has 0 aliphatic carbocycles. The highest BCUT2D eigenvalue weighted by molar-refractivity contribution is 5.93. The van der Waals surface area contributed by atoms with Crippen molar-refractivity contribution in [2.45, 2.75) is 39.2 Å². The number of rotatable bonds is 6. The summed E-state index contributed by atoms with van der Waals surface area (Å²) in [5.41, 5.74) is 5.61. The number of hydrogen-bond acceptors (Lipinski definition) is 7. The van der Waals surface area contributed by atoms with Crippen molar-refractivity contribution in [2.24, 2.45) is 0 Å². The maximum Gasteiger partial charge on any atom is 0.410 e. The minimum atomic E-state index is -0.504. The number of nitrogens with zero attached hydrogens (tertiary/aromatic N) is 5. The lowest BCUT2D eigenvalue weighted by Crippen LogP contribution is -2.39. The summed E-state index contributed by atoms with van der Waals surface area (Å²) in [6.07, 6.45) is 6.84. The number of carbonyl (C=O) groups excluding carboxylic acids is 1. The first-order valence-corrected chi connectivity index (χ1v) is 12.5. The summed E-state index contributed by atoms with van der Waals surface area (Å²) >= 11 is 0. The number of carbonyl (C=O) groups is 1. The molecule has 194 valence electrons. The van der Waals surface area contributed by atoms with Gasteiger partial charge < -0.3 is 24.8 Å². The van der Waals surface area contributed by atoms with E-state index in [-0.39, 0.29) is 6.09 Å². The molecule has 0 radical (unpaired) electrons. The van der Waals surface area contributed by atoms with Gasteiger partial charge in [0, 0.05) is 36.4 Å². The number of aromatic nitrogens is 5. The third-order valence-corrected chi connectivity index (χ3v) is 6.35. The van der Waals surface area contributed by atoms with E-state index in [0.717, 1.165) is 64.1 Å². The summed E-state index contributed by atoms with van der Waals surface area (Å²) in [5, 5.41) is 12.8. The molecule has 1 aromatic carbocycles. The Morgan fingerprint density at radius 2 is 2.05 bits per heavy atom. The number of likely N-dealkylation sites (N-methyl/N-ethyl adjacent to an activating group) is 1. The molecule has 10 heteroatoms. The highest BCUT2D eigenvalue weighted by atomic mass is 16.6. The van der Waals surface area contributed by atoms with Crippen molar-refractivity contribution in [3.05, 3.63) is 48.1 Å². The van der Waals surface area contributed by atoms with Crippen LogP contribution < -0.4 is 5.32 Å². The second-order valence-corrected chi connectivity index (χ2v) is 10.7. The van der Waals surface area contributed by atoms with Crippen LogP contribution in [0.25, 0.3) is 27.5 Å². The van der Waals surface area contributed by atoms with Gasteiger partial charge in [-0.3, -0.25) is 5.10 Å². The van der Waals surface area contributed by atoms with Gasteiger partial charge in [-0.05, 0) is 77.0 Å². The van der Waals surface area contributed by atoms with E-state index in [2.05, 4.69) is 73.7 Å². The fourth-order valence-corrected chi connectivity index (χ4v) is 4.50. The molecule has 10 nitrogen and oxygen atoms in total. The zero-order chi connectivity index (χ0) is 26.2. The van der Waals surface area contributed by atoms with Gasteiger partial charge in [-0.25, -0.2) is 14.8 Å². The van der Waals surface area contributed by atoms with Gasteiger partial charge in [0.1, 0.15) is 23.4 Å².